The van der Waals surface area contributed by atoms with Gasteiger partial charge >= 0.3 is 165 Å². The summed E-state index contributed by atoms with van der Waals surface area (Å²) in [6.07, 6.45) is 0. The SMILES string of the molecule is Fc1ccccc1[CH2][Sn]([c]1ccccc1)([c]1ccccc1)[c]1ccccc1. The van der Waals surface area contributed by atoms with E-state index in [0.29, 0.717) is 0 Å². The van der Waals surface area contributed by atoms with Crippen molar-refractivity contribution in [2.24, 2.45) is 0 Å². The maximum atomic E-state index is 14.7. The van der Waals surface area contributed by atoms with E-state index in [4.69, 9.17) is 0 Å². The second-order valence-corrected chi connectivity index (χ2v) is 17.9. The Morgan fingerprint density at radius 1 is 0.481 bits per heavy atom. The molecule has 0 saturated carbocycles. The summed E-state index contributed by atoms with van der Waals surface area (Å²) in [7, 11) is 0. The van der Waals surface area contributed by atoms with E-state index in [1.54, 1.807) is 12.1 Å². The standard InChI is InChI=1S/C7H6F.3C6H5.Sn/c1-6-4-2-3-5-7(6)8;3*1-2-4-6-5-3-1;/h2-5H,1H2;3*1-5H;. The van der Waals surface area contributed by atoms with Gasteiger partial charge in [0.05, 0.1) is 0 Å². The first kappa shape index (κ1) is 18.0. The van der Waals surface area contributed by atoms with Crippen molar-refractivity contribution in [3.8, 4) is 0 Å². The van der Waals surface area contributed by atoms with Crippen LogP contribution in [0.4, 0.5) is 4.39 Å². The molecule has 0 aromatic heterocycles. The number of halogens is 1. The summed E-state index contributed by atoms with van der Waals surface area (Å²) >= 11 is -3.44. The normalized spacial score (nSPS) is 11.3. The number of rotatable bonds is 5. The molecule has 0 radical (unpaired) electrons. The van der Waals surface area contributed by atoms with Gasteiger partial charge in [-0.15, -0.1) is 0 Å². The fourth-order valence-corrected chi connectivity index (χ4v) is 17.5. The minimum absolute atomic E-state index is 0.110. The fraction of sp³-hybridized carbons (Fsp3) is 0.0400. The Kier molecular flexibility index (Phi) is 5.40. The first-order valence-electron chi connectivity index (χ1n) is 9.21. The molecule has 4 aromatic rings. The summed E-state index contributed by atoms with van der Waals surface area (Å²) in [5.74, 6) is -0.110. The predicted molar refractivity (Wildman–Crippen MR) is 114 cm³/mol. The Hall–Kier alpha value is -2.39. The molecule has 0 unspecified atom stereocenters. The summed E-state index contributed by atoms with van der Waals surface area (Å²) in [6.45, 7) is 0. The molecule has 0 bridgehead atoms. The first-order chi connectivity index (χ1) is 13.3. The van der Waals surface area contributed by atoms with E-state index in [0.717, 1.165) is 10.0 Å². The van der Waals surface area contributed by atoms with Crippen molar-refractivity contribution in [2.45, 2.75) is 4.44 Å². The average molecular weight is 459 g/mol. The zero-order chi connectivity index (χ0) is 18.5. The van der Waals surface area contributed by atoms with Crippen LogP contribution in [-0.4, -0.2) is 18.4 Å². The van der Waals surface area contributed by atoms with Crippen LogP contribution in [0.15, 0.2) is 115 Å². The van der Waals surface area contributed by atoms with E-state index in [-0.39, 0.29) is 5.82 Å². The minimum atomic E-state index is -3.44. The summed E-state index contributed by atoms with van der Waals surface area (Å²) in [5, 5.41) is 0. The molecule has 0 amide bonds. The van der Waals surface area contributed by atoms with Gasteiger partial charge in [-0.25, -0.2) is 0 Å². The molecular formula is C25H21FSn. The third-order valence-corrected chi connectivity index (χ3v) is 19.1. The van der Waals surface area contributed by atoms with Crippen LogP contribution in [0.5, 0.6) is 0 Å². The van der Waals surface area contributed by atoms with Crippen LogP contribution >= 0.6 is 0 Å². The van der Waals surface area contributed by atoms with Crippen LogP contribution in [0.2, 0.25) is 0 Å². The second kappa shape index (κ2) is 8.10. The van der Waals surface area contributed by atoms with Gasteiger partial charge in [0, 0.05) is 0 Å². The van der Waals surface area contributed by atoms with Gasteiger partial charge in [0.1, 0.15) is 0 Å². The molecule has 27 heavy (non-hydrogen) atoms. The third kappa shape index (κ3) is 3.56. The van der Waals surface area contributed by atoms with Crippen LogP contribution in [0.25, 0.3) is 0 Å². The zero-order valence-electron chi connectivity index (χ0n) is 15.1. The molecule has 4 rings (SSSR count). The molecule has 0 aliphatic heterocycles. The molecule has 0 aliphatic carbocycles. The number of hydrogen-bond donors (Lipinski definition) is 0. The number of benzene rings is 4. The van der Waals surface area contributed by atoms with Gasteiger partial charge < -0.3 is 0 Å². The molecule has 0 nitrogen and oxygen atoms in total. The molecule has 2 heteroatoms. The summed E-state index contributed by atoms with van der Waals surface area (Å²) in [5.41, 5.74) is 0.810. The summed E-state index contributed by atoms with van der Waals surface area (Å²) < 4.78 is 19.6. The van der Waals surface area contributed by atoms with Crippen molar-refractivity contribution < 1.29 is 4.39 Å². The molecule has 0 atom stereocenters. The Labute approximate surface area is 164 Å². The van der Waals surface area contributed by atoms with Gasteiger partial charge in [-0.1, -0.05) is 0 Å². The molecule has 0 heterocycles. The maximum absolute atomic E-state index is 14.7. The predicted octanol–water partition coefficient (Wildman–Crippen LogP) is 4.08. The molecule has 0 spiro atoms. The third-order valence-electron chi connectivity index (χ3n) is 5.21. The van der Waals surface area contributed by atoms with Crippen molar-refractivity contribution in [1.29, 1.82) is 0 Å². The van der Waals surface area contributed by atoms with Gasteiger partial charge in [0.25, 0.3) is 0 Å². The zero-order valence-corrected chi connectivity index (χ0v) is 17.9. The van der Waals surface area contributed by atoms with Crippen LogP contribution in [-0.2, 0) is 4.44 Å². The van der Waals surface area contributed by atoms with Crippen molar-refractivity contribution in [1.82, 2.24) is 0 Å². The van der Waals surface area contributed by atoms with Crippen LogP contribution in [0, 0.1) is 5.82 Å². The topological polar surface area (TPSA) is 0 Å². The Bertz CT molecular complexity index is 901. The molecule has 0 fully saturated rings. The Morgan fingerprint density at radius 3 is 1.26 bits per heavy atom. The Balaban J connectivity index is 2.02. The van der Waals surface area contributed by atoms with E-state index < -0.39 is 18.4 Å². The first-order valence-corrected chi connectivity index (χ1v) is 15.5. The average Bonchev–Trinajstić information content (AvgIpc) is 2.75. The van der Waals surface area contributed by atoms with E-state index in [2.05, 4.69) is 91.0 Å². The van der Waals surface area contributed by atoms with Gasteiger partial charge in [0.15, 0.2) is 0 Å². The molecule has 0 N–H and O–H groups in total. The van der Waals surface area contributed by atoms with E-state index in [1.807, 2.05) is 12.1 Å². The molecule has 4 aromatic carbocycles. The van der Waals surface area contributed by atoms with Gasteiger partial charge in [-0.2, -0.15) is 0 Å². The second-order valence-electron chi connectivity index (χ2n) is 6.77. The van der Waals surface area contributed by atoms with E-state index in [1.165, 1.54) is 10.7 Å². The van der Waals surface area contributed by atoms with Crippen LogP contribution in [0.3, 0.4) is 0 Å². The Morgan fingerprint density at radius 2 is 0.852 bits per heavy atom. The van der Waals surface area contributed by atoms with Crippen LogP contribution in [0.1, 0.15) is 5.56 Å². The molecule has 0 aliphatic rings. The van der Waals surface area contributed by atoms with Gasteiger partial charge in [0.2, 0.25) is 0 Å². The van der Waals surface area contributed by atoms with Gasteiger partial charge in [-0.3, -0.25) is 0 Å². The summed E-state index contributed by atoms with van der Waals surface area (Å²) in [4.78, 5) is 0. The molecular weight excluding hydrogens is 438 g/mol. The van der Waals surface area contributed by atoms with Crippen molar-refractivity contribution in [3.63, 3.8) is 0 Å². The van der Waals surface area contributed by atoms with Crippen molar-refractivity contribution in [2.75, 3.05) is 0 Å². The number of hydrogen-bond acceptors (Lipinski definition) is 0. The quantitative estimate of drug-likeness (QED) is 0.395. The molecule has 132 valence electrons. The monoisotopic (exact) mass is 460 g/mol. The van der Waals surface area contributed by atoms with E-state index >= 15 is 0 Å². The van der Waals surface area contributed by atoms with Crippen LogP contribution < -0.4 is 10.7 Å². The van der Waals surface area contributed by atoms with E-state index in [9.17, 15) is 4.39 Å². The fourth-order valence-electron chi connectivity index (χ4n) is 3.90. The van der Waals surface area contributed by atoms with Gasteiger partial charge in [-0.05, 0) is 0 Å². The molecule has 0 saturated heterocycles. The van der Waals surface area contributed by atoms with Crippen molar-refractivity contribution in [3.05, 3.63) is 127 Å². The van der Waals surface area contributed by atoms with Crippen molar-refractivity contribution >= 4 is 29.1 Å². The summed E-state index contributed by atoms with van der Waals surface area (Å²) in [6, 6.07) is 39.4.